The summed E-state index contributed by atoms with van der Waals surface area (Å²) in [7, 11) is -1.47. The van der Waals surface area contributed by atoms with Gasteiger partial charge in [0.1, 0.15) is 15.7 Å². The fourth-order valence-electron chi connectivity index (χ4n) is 1.61. The van der Waals surface area contributed by atoms with E-state index in [0.29, 0.717) is 15.9 Å². The highest BCUT2D eigenvalue weighted by Gasteiger charge is 2.17. The van der Waals surface area contributed by atoms with E-state index in [1.54, 1.807) is 26.2 Å². The lowest BCUT2D eigenvalue weighted by Gasteiger charge is -2.14. The van der Waals surface area contributed by atoms with E-state index in [2.05, 4.69) is 31.5 Å². The number of hydrogen-bond donors (Lipinski definition) is 2. The number of halogens is 1. The highest BCUT2D eigenvalue weighted by Crippen LogP contribution is 2.17. The number of pyridine rings is 1. The van der Waals surface area contributed by atoms with Crippen LogP contribution in [0.15, 0.2) is 16.7 Å². The standard InChI is InChI=1S/C11H16BrN3O3S/c1-7(6-19(3,17)18)15-11(16)9-4-8(12)5-14-10(9)13-2/h4-5,7H,6H2,1-3H3,(H,13,14)(H,15,16). The highest BCUT2D eigenvalue weighted by molar-refractivity contribution is 9.10. The zero-order valence-corrected chi connectivity index (χ0v) is 13.3. The van der Waals surface area contributed by atoms with Crippen LogP contribution in [-0.4, -0.2) is 44.4 Å². The van der Waals surface area contributed by atoms with Gasteiger partial charge in [-0.25, -0.2) is 13.4 Å². The number of anilines is 1. The Hall–Kier alpha value is -1.15. The second kappa shape index (κ2) is 6.33. The van der Waals surface area contributed by atoms with E-state index in [9.17, 15) is 13.2 Å². The van der Waals surface area contributed by atoms with Gasteiger partial charge in [0, 0.05) is 30.0 Å². The van der Waals surface area contributed by atoms with Crippen molar-refractivity contribution in [3.8, 4) is 0 Å². The monoisotopic (exact) mass is 349 g/mol. The molecule has 1 aromatic rings. The van der Waals surface area contributed by atoms with Crippen molar-refractivity contribution in [2.24, 2.45) is 0 Å². The van der Waals surface area contributed by atoms with Gasteiger partial charge in [0.05, 0.1) is 11.3 Å². The maximum absolute atomic E-state index is 12.1. The average molecular weight is 350 g/mol. The molecule has 0 aromatic carbocycles. The first kappa shape index (κ1) is 15.9. The molecule has 19 heavy (non-hydrogen) atoms. The van der Waals surface area contributed by atoms with Gasteiger partial charge >= 0.3 is 0 Å². The number of sulfone groups is 1. The number of rotatable bonds is 5. The zero-order chi connectivity index (χ0) is 14.6. The Morgan fingerprint density at radius 2 is 2.16 bits per heavy atom. The van der Waals surface area contributed by atoms with Gasteiger partial charge in [-0.2, -0.15) is 0 Å². The van der Waals surface area contributed by atoms with Gasteiger partial charge in [0.15, 0.2) is 0 Å². The van der Waals surface area contributed by atoms with Crippen molar-refractivity contribution in [2.75, 3.05) is 24.4 Å². The smallest absolute Gasteiger partial charge is 0.255 e. The zero-order valence-electron chi connectivity index (χ0n) is 10.9. The molecule has 1 heterocycles. The van der Waals surface area contributed by atoms with Gasteiger partial charge < -0.3 is 10.6 Å². The van der Waals surface area contributed by atoms with E-state index in [-0.39, 0.29) is 11.7 Å². The first-order valence-electron chi connectivity index (χ1n) is 5.55. The molecule has 1 amide bonds. The minimum absolute atomic E-state index is 0.102. The van der Waals surface area contributed by atoms with Crippen LogP contribution in [0.3, 0.4) is 0 Å². The summed E-state index contributed by atoms with van der Waals surface area (Å²) in [6.45, 7) is 1.64. The molecule has 2 N–H and O–H groups in total. The van der Waals surface area contributed by atoms with Crippen LogP contribution in [0.4, 0.5) is 5.82 Å². The Bertz CT molecular complexity index is 575. The SMILES string of the molecule is CNc1ncc(Br)cc1C(=O)NC(C)CS(C)(=O)=O. The van der Waals surface area contributed by atoms with Crippen molar-refractivity contribution < 1.29 is 13.2 Å². The summed E-state index contributed by atoms with van der Waals surface area (Å²) in [5.41, 5.74) is 0.359. The van der Waals surface area contributed by atoms with Crippen LogP contribution in [0.5, 0.6) is 0 Å². The molecule has 0 aliphatic heterocycles. The average Bonchev–Trinajstić information content (AvgIpc) is 2.26. The van der Waals surface area contributed by atoms with Crippen molar-refractivity contribution in [3.05, 3.63) is 22.3 Å². The van der Waals surface area contributed by atoms with Crippen LogP contribution in [0.2, 0.25) is 0 Å². The number of nitrogens with zero attached hydrogens (tertiary/aromatic N) is 1. The van der Waals surface area contributed by atoms with Crippen LogP contribution in [0.1, 0.15) is 17.3 Å². The molecule has 1 atom stereocenters. The third kappa shape index (κ3) is 5.15. The number of hydrogen-bond acceptors (Lipinski definition) is 5. The van der Waals surface area contributed by atoms with Crippen molar-refractivity contribution >= 4 is 37.5 Å². The molecule has 0 aliphatic carbocycles. The van der Waals surface area contributed by atoms with Crippen LogP contribution >= 0.6 is 15.9 Å². The van der Waals surface area contributed by atoms with Gasteiger partial charge in [-0.05, 0) is 28.9 Å². The van der Waals surface area contributed by atoms with E-state index in [1.807, 2.05) is 0 Å². The van der Waals surface area contributed by atoms with Crippen molar-refractivity contribution in [1.29, 1.82) is 0 Å². The van der Waals surface area contributed by atoms with E-state index in [0.717, 1.165) is 6.26 Å². The molecule has 0 aliphatic rings. The summed E-state index contributed by atoms with van der Waals surface area (Å²) >= 11 is 3.24. The molecule has 106 valence electrons. The minimum atomic E-state index is -3.13. The summed E-state index contributed by atoms with van der Waals surface area (Å²) in [6, 6.07) is 1.16. The number of carbonyl (C=O) groups is 1. The van der Waals surface area contributed by atoms with E-state index < -0.39 is 15.9 Å². The largest absolute Gasteiger partial charge is 0.372 e. The Kier molecular flexibility index (Phi) is 5.30. The van der Waals surface area contributed by atoms with Gasteiger partial charge in [0.25, 0.3) is 5.91 Å². The molecule has 8 heteroatoms. The third-order valence-corrected chi connectivity index (χ3v) is 3.81. The lowest BCUT2D eigenvalue weighted by molar-refractivity contribution is 0.0944. The molecular weight excluding hydrogens is 334 g/mol. The molecule has 0 radical (unpaired) electrons. The number of carbonyl (C=O) groups excluding carboxylic acids is 1. The Balaban J connectivity index is 2.86. The third-order valence-electron chi connectivity index (χ3n) is 2.27. The highest BCUT2D eigenvalue weighted by atomic mass is 79.9. The second-order valence-electron chi connectivity index (χ2n) is 4.27. The van der Waals surface area contributed by atoms with E-state index in [1.165, 1.54) is 0 Å². The van der Waals surface area contributed by atoms with Crippen LogP contribution < -0.4 is 10.6 Å². The van der Waals surface area contributed by atoms with Crippen molar-refractivity contribution in [1.82, 2.24) is 10.3 Å². The van der Waals surface area contributed by atoms with Crippen molar-refractivity contribution in [2.45, 2.75) is 13.0 Å². The van der Waals surface area contributed by atoms with Gasteiger partial charge in [-0.15, -0.1) is 0 Å². The Morgan fingerprint density at radius 3 is 2.68 bits per heavy atom. The first-order valence-corrected chi connectivity index (χ1v) is 8.40. The molecule has 1 rings (SSSR count). The molecular formula is C11H16BrN3O3S. The summed E-state index contributed by atoms with van der Waals surface area (Å²) in [5.74, 6) is -0.0312. The Labute approximate surface area is 121 Å². The van der Waals surface area contributed by atoms with Crippen LogP contribution in [0.25, 0.3) is 0 Å². The summed E-state index contributed by atoms with van der Waals surface area (Å²) in [4.78, 5) is 16.1. The van der Waals surface area contributed by atoms with E-state index >= 15 is 0 Å². The minimum Gasteiger partial charge on any atom is -0.372 e. The van der Waals surface area contributed by atoms with Crippen LogP contribution in [-0.2, 0) is 9.84 Å². The predicted molar refractivity (Wildman–Crippen MR) is 78.1 cm³/mol. The lowest BCUT2D eigenvalue weighted by Crippen LogP contribution is -2.37. The summed E-state index contributed by atoms with van der Waals surface area (Å²) in [5, 5.41) is 5.45. The predicted octanol–water partition coefficient (Wildman–Crippen LogP) is 1.05. The lowest BCUT2D eigenvalue weighted by atomic mass is 10.2. The Morgan fingerprint density at radius 1 is 1.53 bits per heavy atom. The van der Waals surface area contributed by atoms with E-state index in [4.69, 9.17) is 0 Å². The molecule has 0 saturated carbocycles. The molecule has 0 saturated heterocycles. The second-order valence-corrected chi connectivity index (χ2v) is 7.37. The number of nitrogens with one attached hydrogen (secondary N) is 2. The molecule has 0 fully saturated rings. The number of aromatic nitrogens is 1. The van der Waals surface area contributed by atoms with Crippen LogP contribution in [0, 0.1) is 0 Å². The fraction of sp³-hybridized carbons (Fsp3) is 0.455. The maximum atomic E-state index is 12.1. The quantitative estimate of drug-likeness (QED) is 0.829. The van der Waals surface area contributed by atoms with Gasteiger partial charge in [-0.3, -0.25) is 4.79 Å². The fourth-order valence-corrected chi connectivity index (χ4v) is 2.93. The summed E-state index contributed by atoms with van der Waals surface area (Å²) in [6.07, 6.45) is 2.71. The maximum Gasteiger partial charge on any atom is 0.255 e. The van der Waals surface area contributed by atoms with Gasteiger partial charge in [0.2, 0.25) is 0 Å². The molecule has 1 aromatic heterocycles. The first-order chi connectivity index (χ1) is 8.73. The molecule has 0 spiro atoms. The number of amides is 1. The van der Waals surface area contributed by atoms with Crippen molar-refractivity contribution in [3.63, 3.8) is 0 Å². The normalized spacial score (nSPS) is 12.8. The molecule has 0 bridgehead atoms. The topological polar surface area (TPSA) is 88.2 Å². The molecule has 1 unspecified atom stereocenters. The summed E-state index contributed by atoms with van der Waals surface area (Å²) < 4.78 is 23.0. The van der Waals surface area contributed by atoms with Gasteiger partial charge in [-0.1, -0.05) is 0 Å². The molecule has 6 nitrogen and oxygen atoms in total.